The molecule has 1 atom stereocenters. The van der Waals surface area contributed by atoms with Crippen molar-refractivity contribution in [1.29, 1.82) is 0 Å². The predicted molar refractivity (Wildman–Crippen MR) is 82.8 cm³/mol. The third-order valence-electron chi connectivity index (χ3n) is 3.22. The van der Waals surface area contributed by atoms with Gasteiger partial charge in [-0.1, -0.05) is 38.2 Å². The molecule has 3 N–H and O–H groups in total. The van der Waals surface area contributed by atoms with Gasteiger partial charge >= 0.3 is 0 Å². The second kappa shape index (κ2) is 6.79. The largest absolute Gasteiger partial charge is 0.393 e. The lowest BCUT2D eigenvalue weighted by Gasteiger charge is -2.19. The Balaban J connectivity index is 2.77. The van der Waals surface area contributed by atoms with E-state index in [1.54, 1.807) is 26.0 Å². The van der Waals surface area contributed by atoms with Crippen LogP contribution in [0.25, 0.3) is 0 Å². The third kappa shape index (κ3) is 4.00. The topological polar surface area (TPSA) is 55.1 Å². The molecule has 1 aromatic rings. The van der Waals surface area contributed by atoms with E-state index in [0.717, 1.165) is 5.56 Å². The molecule has 5 heteroatoms. The minimum absolute atomic E-state index is 0.0455. The number of hydrogen-bond acceptors (Lipinski definition) is 2. The van der Waals surface area contributed by atoms with Crippen LogP contribution in [0.2, 0.25) is 0 Å². The summed E-state index contributed by atoms with van der Waals surface area (Å²) < 4.78 is 13.5. The number of aryl methyl sites for hydroxylation is 2. The fourth-order valence-corrected chi connectivity index (χ4v) is 2.58. The first kappa shape index (κ1) is 16.6. The maximum Gasteiger partial charge on any atom is 0.230 e. The fourth-order valence-electron chi connectivity index (χ4n) is 2.20. The molecule has 1 unspecified atom stereocenters. The molecule has 0 aliphatic carbocycles. The molecule has 1 amide bonds. The molecular weight excluding hydrogens is 275 g/mol. The van der Waals surface area contributed by atoms with Gasteiger partial charge in [0, 0.05) is 6.54 Å². The van der Waals surface area contributed by atoms with E-state index in [-0.39, 0.29) is 22.6 Å². The molecule has 3 nitrogen and oxygen atoms in total. The van der Waals surface area contributed by atoms with E-state index in [0.29, 0.717) is 17.7 Å². The van der Waals surface area contributed by atoms with Crippen LogP contribution in [0, 0.1) is 31.5 Å². The van der Waals surface area contributed by atoms with Crippen LogP contribution in [-0.4, -0.2) is 10.9 Å². The van der Waals surface area contributed by atoms with E-state index < -0.39 is 5.92 Å². The summed E-state index contributed by atoms with van der Waals surface area (Å²) in [5, 5.41) is 2.81. The summed E-state index contributed by atoms with van der Waals surface area (Å²) in [5.74, 6) is -0.827. The number of carbonyl (C=O) groups excluding carboxylic acids is 1. The number of carbonyl (C=O) groups is 1. The van der Waals surface area contributed by atoms with Crippen LogP contribution in [0.3, 0.4) is 0 Å². The van der Waals surface area contributed by atoms with Crippen molar-refractivity contribution in [1.82, 2.24) is 5.32 Å². The third-order valence-corrected chi connectivity index (χ3v) is 3.47. The molecule has 0 aliphatic rings. The summed E-state index contributed by atoms with van der Waals surface area (Å²) in [5.41, 5.74) is 7.60. The van der Waals surface area contributed by atoms with Crippen LogP contribution in [0.1, 0.15) is 30.5 Å². The number of amides is 1. The first-order valence-corrected chi connectivity index (χ1v) is 6.97. The van der Waals surface area contributed by atoms with E-state index in [1.165, 1.54) is 0 Å². The van der Waals surface area contributed by atoms with Crippen LogP contribution >= 0.6 is 12.2 Å². The molecule has 1 aromatic carbocycles. The van der Waals surface area contributed by atoms with Gasteiger partial charge in [0.2, 0.25) is 5.91 Å². The van der Waals surface area contributed by atoms with Crippen molar-refractivity contribution in [3.63, 3.8) is 0 Å². The second-order valence-corrected chi connectivity index (χ2v) is 5.86. The Morgan fingerprint density at radius 2 is 1.85 bits per heavy atom. The number of hydrogen-bond donors (Lipinski definition) is 2. The van der Waals surface area contributed by atoms with Crippen molar-refractivity contribution in [3.8, 4) is 0 Å². The van der Waals surface area contributed by atoms with Gasteiger partial charge in [0.15, 0.2) is 0 Å². The van der Waals surface area contributed by atoms with E-state index in [9.17, 15) is 9.18 Å². The van der Waals surface area contributed by atoms with Crippen LogP contribution in [-0.2, 0) is 11.3 Å². The molecule has 1 rings (SSSR count). The summed E-state index contributed by atoms with van der Waals surface area (Å²) >= 11 is 4.93. The van der Waals surface area contributed by atoms with Gasteiger partial charge in [-0.2, -0.15) is 0 Å². The highest BCUT2D eigenvalue weighted by Gasteiger charge is 2.24. The van der Waals surface area contributed by atoms with Gasteiger partial charge in [-0.3, -0.25) is 4.79 Å². The lowest BCUT2D eigenvalue weighted by molar-refractivity contribution is -0.124. The minimum atomic E-state index is -0.479. The Morgan fingerprint density at radius 3 is 2.25 bits per heavy atom. The monoisotopic (exact) mass is 296 g/mol. The summed E-state index contributed by atoms with van der Waals surface area (Å²) in [4.78, 5) is 12.3. The van der Waals surface area contributed by atoms with Crippen molar-refractivity contribution in [3.05, 3.63) is 34.6 Å². The summed E-state index contributed by atoms with van der Waals surface area (Å²) in [6.45, 7) is 7.55. The Labute approximate surface area is 124 Å². The van der Waals surface area contributed by atoms with Crippen molar-refractivity contribution in [2.45, 2.75) is 34.2 Å². The van der Waals surface area contributed by atoms with Gasteiger partial charge in [0.25, 0.3) is 0 Å². The van der Waals surface area contributed by atoms with Gasteiger partial charge in [-0.15, -0.1) is 0 Å². The maximum atomic E-state index is 13.5. The molecule has 20 heavy (non-hydrogen) atoms. The van der Waals surface area contributed by atoms with Gasteiger partial charge < -0.3 is 11.1 Å². The van der Waals surface area contributed by atoms with Crippen molar-refractivity contribution < 1.29 is 9.18 Å². The molecule has 0 heterocycles. The Kier molecular flexibility index (Phi) is 5.62. The minimum Gasteiger partial charge on any atom is -0.393 e. The zero-order valence-corrected chi connectivity index (χ0v) is 13.1. The molecule has 0 aliphatic heterocycles. The average molecular weight is 296 g/mol. The average Bonchev–Trinajstić information content (AvgIpc) is 2.32. The molecule has 0 spiro atoms. The van der Waals surface area contributed by atoms with Crippen LogP contribution in [0.5, 0.6) is 0 Å². The maximum absolute atomic E-state index is 13.5. The van der Waals surface area contributed by atoms with Crippen LogP contribution in [0.15, 0.2) is 12.1 Å². The van der Waals surface area contributed by atoms with Gasteiger partial charge in [0.05, 0.1) is 10.9 Å². The van der Waals surface area contributed by atoms with Crippen LogP contribution < -0.4 is 11.1 Å². The molecule has 110 valence electrons. The lowest BCUT2D eigenvalue weighted by atomic mass is 9.95. The number of rotatable bonds is 5. The highest BCUT2D eigenvalue weighted by molar-refractivity contribution is 7.80. The quantitative estimate of drug-likeness (QED) is 0.821. The van der Waals surface area contributed by atoms with Gasteiger partial charge in [-0.05, 0) is 36.5 Å². The number of thiocarbonyl (C=S) groups is 1. The van der Waals surface area contributed by atoms with Gasteiger partial charge in [-0.25, -0.2) is 4.39 Å². The lowest BCUT2D eigenvalue weighted by Crippen LogP contribution is -2.40. The summed E-state index contributed by atoms with van der Waals surface area (Å²) in [7, 11) is 0. The summed E-state index contributed by atoms with van der Waals surface area (Å²) in [6.07, 6.45) is 0. The number of benzene rings is 1. The SMILES string of the molecule is Cc1cc(CNC(=O)C(C(N)=S)C(C)C)cc(C)c1F. The first-order chi connectivity index (χ1) is 9.23. The molecule has 0 saturated carbocycles. The number of nitrogens with two attached hydrogens (primary N) is 1. The zero-order valence-electron chi connectivity index (χ0n) is 12.3. The predicted octanol–water partition coefficient (Wildman–Crippen LogP) is 2.62. The van der Waals surface area contributed by atoms with Crippen molar-refractivity contribution >= 4 is 23.1 Å². The molecule has 0 bridgehead atoms. The Morgan fingerprint density at radius 1 is 1.35 bits per heavy atom. The normalized spacial score (nSPS) is 12.3. The molecule has 0 aromatic heterocycles. The number of halogens is 1. The van der Waals surface area contributed by atoms with E-state index in [2.05, 4.69) is 5.32 Å². The molecule has 0 saturated heterocycles. The van der Waals surface area contributed by atoms with E-state index in [1.807, 2.05) is 13.8 Å². The summed E-state index contributed by atoms with van der Waals surface area (Å²) in [6, 6.07) is 3.46. The molecule has 0 radical (unpaired) electrons. The van der Waals surface area contributed by atoms with Crippen molar-refractivity contribution in [2.75, 3.05) is 0 Å². The van der Waals surface area contributed by atoms with Gasteiger partial charge in [0.1, 0.15) is 5.82 Å². The van der Waals surface area contributed by atoms with E-state index in [4.69, 9.17) is 18.0 Å². The Hall–Kier alpha value is -1.49. The second-order valence-electron chi connectivity index (χ2n) is 5.39. The van der Waals surface area contributed by atoms with Crippen LogP contribution in [0.4, 0.5) is 4.39 Å². The molecular formula is C15H21FN2OS. The number of nitrogens with one attached hydrogen (secondary N) is 1. The smallest absolute Gasteiger partial charge is 0.230 e. The van der Waals surface area contributed by atoms with Crippen molar-refractivity contribution in [2.24, 2.45) is 17.6 Å². The Bertz CT molecular complexity index is 506. The fraction of sp³-hybridized carbons (Fsp3) is 0.467. The van der Waals surface area contributed by atoms with E-state index >= 15 is 0 Å². The first-order valence-electron chi connectivity index (χ1n) is 6.56. The highest BCUT2D eigenvalue weighted by Crippen LogP contribution is 2.15. The zero-order chi connectivity index (χ0) is 15.4. The molecule has 0 fully saturated rings. The highest BCUT2D eigenvalue weighted by atomic mass is 32.1. The standard InChI is InChI=1S/C15H21FN2OS/c1-8(2)12(14(17)20)15(19)18-7-11-5-9(3)13(16)10(4)6-11/h5-6,8,12H,7H2,1-4H3,(H2,17,20)(H,18,19).